The minimum absolute atomic E-state index is 0.00113. The number of benzene rings is 1. The van der Waals surface area contributed by atoms with Crippen molar-refractivity contribution < 1.29 is 9.18 Å². The van der Waals surface area contributed by atoms with E-state index in [1.165, 1.54) is 12.1 Å². The van der Waals surface area contributed by atoms with Gasteiger partial charge in [-0.1, -0.05) is 18.2 Å². The topological polar surface area (TPSA) is 20.3 Å². The van der Waals surface area contributed by atoms with Crippen LogP contribution in [0, 0.1) is 5.82 Å². The summed E-state index contributed by atoms with van der Waals surface area (Å²) in [6.45, 7) is 0.704. The van der Waals surface area contributed by atoms with E-state index in [9.17, 15) is 9.18 Å². The minimum Gasteiger partial charge on any atom is -0.315 e. The average Bonchev–Trinajstić information content (AvgIpc) is 2.79. The van der Waals surface area contributed by atoms with Crippen molar-refractivity contribution in [1.82, 2.24) is 4.90 Å². The van der Waals surface area contributed by atoms with Gasteiger partial charge in [-0.15, -0.1) is 11.6 Å². The Balaban J connectivity index is 1.92. The minimum atomic E-state index is -0.430. The third-order valence-corrected chi connectivity index (χ3v) is 4.02. The number of carbonyl (C=O) groups excluding carboxylic acids is 1. The SMILES string of the molecule is O=C1C(Cl)CC=C2C(c3ccc(F)cc3)CCN12. The summed E-state index contributed by atoms with van der Waals surface area (Å²) in [7, 11) is 0. The van der Waals surface area contributed by atoms with Crippen molar-refractivity contribution in [2.24, 2.45) is 0 Å². The van der Waals surface area contributed by atoms with Crippen LogP contribution in [0.3, 0.4) is 0 Å². The van der Waals surface area contributed by atoms with E-state index >= 15 is 0 Å². The zero-order chi connectivity index (χ0) is 12.7. The Hall–Kier alpha value is -1.35. The molecule has 0 aromatic heterocycles. The van der Waals surface area contributed by atoms with E-state index in [2.05, 4.69) is 0 Å². The largest absolute Gasteiger partial charge is 0.315 e. The number of carbonyl (C=O) groups is 1. The first-order chi connectivity index (χ1) is 8.66. The maximum absolute atomic E-state index is 12.9. The van der Waals surface area contributed by atoms with Crippen molar-refractivity contribution in [2.75, 3.05) is 6.54 Å². The summed E-state index contributed by atoms with van der Waals surface area (Å²) in [6.07, 6.45) is 3.51. The molecule has 0 saturated carbocycles. The first kappa shape index (κ1) is 11.7. The van der Waals surface area contributed by atoms with E-state index in [1.807, 2.05) is 6.08 Å². The fraction of sp³-hybridized carbons (Fsp3) is 0.357. The first-order valence-electron chi connectivity index (χ1n) is 6.08. The van der Waals surface area contributed by atoms with Crippen LogP contribution in [-0.2, 0) is 4.79 Å². The van der Waals surface area contributed by atoms with Gasteiger partial charge in [-0.2, -0.15) is 0 Å². The molecule has 2 unspecified atom stereocenters. The quantitative estimate of drug-likeness (QED) is 0.715. The van der Waals surface area contributed by atoms with Gasteiger partial charge in [-0.05, 0) is 30.5 Å². The van der Waals surface area contributed by atoms with E-state index in [4.69, 9.17) is 11.6 Å². The lowest BCUT2D eigenvalue weighted by Gasteiger charge is -2.27. The fourth-order valence-electron chi connectivity index (χ4n) is 2.74. The van der Waals surface area contributed by atoms with Gasteiger partial charge in [-0.3, -0.25) is 4.79 Å². The number of hydrogen-bond acceptors (Lipinski definition) is 1. The average molecular weight is 266 g/mol. The van der Waals surface area contributed by atoms with Gasteiger partial charge in [0.2, 0.25) is 5.91 Å². The summed E-state index contributed by atoms with van der Waals surface area (Å²) in [5.74, 6) is -0.0411. The molecule has 1 aromatic rings. The molecule has 94 valence electrons. The summed E-state index contributed by atoms with van der Waals surface area (Å²) in [5, 5.41) is -0.430. The van der Waals surface area contributed by atoms with Crippen LogP contribution < -0.4 is 0 Å². The molecule has 2 aliphatic rings. The molecule has 0 N–H and O–H groups in total. The molecule has 2 nitrogen and oxygen atoms in total. The van der Waals surface area contributed by atoms with Gasteiger partial charge < -0.3 is 4.90 Å². The molecule has 0 bridgehead atoms. The van der Waals surface area contributed by atoms with Gasteiger partial charge >= 0.3 is 0 Å². The number of allylic oxidation sites excluding steroid dienone is 2. The maximum Gasteiger partial charge on any atom is 0.245 e. The summed E-state index contributed by atoms with van der Waals surface area (Å²) in [6, 6.07) is 6.52. The van der Waals surface area contributed by atoms with Crippen molar-refractivity contribution in [2.45, 2.75) is 24.1 Å². The third kappa shape index (κ3) is 1.83. The lowest BCUT2D eigenvalue weighted by Crippen LogP contribution is -2.36. The van der Waals surface area contributed by atoms with Crippen molar-refractivity contribution >= 4 is 17.5 Å². The molecule has 18 heavy (non-hydrogen) atoms. The van der Waals surface area contributed by atoms with Gasteiger partial charge in [0, 0.05) is 18.2 Å². The molecule has 1 fully saturated rings. The zero-order valence-corrected chi connectivity index (χ0v) is 10.5. The van der Waals surface area contributed by atoms with Crippen molar-refractivity contribution in [1.29, 1.82) is 0 Å². The predicted molar refractivity (Wildman–Crippen MR) is 67.8 cm³/mol. The van der Waals surface area contributed by atoms with E-state index in [0.29, 0.717) is 13.0 Å². The lowest BCUT2D eigenvalue weighted by molar-refractivity contribution is -0.128. The van der Waals surface area contributed by atoms with E-state index < -0.39 is 5.38 Å². The maximum atomic E-state index is 12.9. The summed E-state index contributed by atoms with van der Waals surface area (Å²) >= 11 is 5.96. The number of rotatable bonds is 1. The molecular formula is C14H13ClFNO. The summed E-state index contributed by atoms with van der Waals surface area (Å²) < 4.78 is 12.9. The van der Waals surface area contributed by atoms with Crippen molar-refractivity contribution in [3.8, 4) is 0 Å². The molecule has 1 aromatic carbocycles. The Morgan fingerprint density at radius 3 is 2.72 bits per heavy atom. The lowest BCUT2D eigenvalue weighted by atomic mass is 9.94. The molecule has 2 atom stereocenters. The number of hydrogen-bond donors (Lipinski definition) is 0. The summed E-state index contributed by atoms with van der Waals surface area (Å²) in [4.78, 5) is 13.7. The number of nitrogens with zero attached hydrogens (tertiary/aromatic N) is 1. The van der Waals surface area contributed by atoms with Crippen LogP contribution in [0.4, 0.5) is 4.39 Å². The van der Waals surface area contributed by atoms with Crippen molar-refractivity contribution in [3.05, 3.63) is 47.4 Å². The standard InChI is InChI=1S/C14H13ClFNO/c15-12-5-6-13-11(7-8-17(13)14(12)18)9-1-3-10(16)4-2-9/h1-4,6,11-12H,5,7-8H2. The Morgan fingerprint density at radius 1 is 1.28 bits per heavy atom. The van der Waals surface area contributed by atoms with E-state index in [1.54, 1.807) is 17.0 Å². The Kier molecular flexibility index (Phi) is 2.86. The van der Waals surface area contributed by atoms with Crippen LogP contribution >= 0.6 is 11.6 Å². The van der Waals surface area contributed by atoms with Crippen LogP contribution in [0.5, 0.6) is 0 Å². The first-order valence-corrected chi connectivity index (χ1v) is 6.51. The molecule has 2 heterocycles. The second-order valence-corrected chi connectivity index (χ2v) is 5.24. The molecule has 0 aliphatic carbocycles. The molecule has 1 saturated heterocycles. The molecule has 0 radical (unpaired) electrons. The van der Waals surface area contributed by atoms with Gasteiger partial charge in [-0.25, -0.2) is 4.39 Å². The fourth-order valence-corrected chi connectivity index (χ4v) is 2.95. The van der Waals surface area contributed by atoms with E-state index in [0.717, 1.165) is 17.7 Å². The number of fused-ring (bicyclic) bond motifs is 1. The molecule has 3 rings (SSSR count). The molecule has 1 amide bonds. The Bertz CT molecular complexity index is 511. The van der Waals surface area contributed by atoms with Gasteiger partial charge in [0.15, 0.2) is 0 Å². The molecule has 0 spiro atoms. The molecule has 4 heteroatoms. The van der Waals surface area contributed by atoms with Crippen LogP contribution in [0.15, 0.2) is 36.0 Å². The zero-order valence-electron chi connectivity index (χ0n) is 9.77. The van der Waals surface area contributed by atoms with Gasteiger partial charge in [0.1, 0.15) is 11.2 Å². The van der Waals surface area contributed by atoms with Gasteiger partial charge in [0.05, 0.1) is 0 Å². The highest BCUT2D eigenvalue weighted by Gasteiger charge is 2.37. The monoisotopic (exact) mass is 265 g/mol. The summed E-state index contributed by atoms with van der Waals surface area (Å²) in [5.41, 5.74) is 2.09. The van der Waals surface area contributed by atoms with Crippen LogP contribution in [0.25, 0.3) is 0 Å². The van der Waals surface area contributed by atoms with E-state index in [-0.39, 0.29) is 17.6 Å². The molecular weight excluding hydrogens is 253 g/mol. The number of amides is 1. The van der Waals surface area contributed by atoms with Gasteiger partial charge in [0.25, 0.3) is 0 Å². The third-order valence-electron chi connectivity index (χ3n) is 3.65. The molecule has 2 aliphatic heterocycles. The van der Waals surface area contributed by atoms with Crippen LogP contribution in [0.2, 0.25) is 0 Å². The van der Waals surface area contributed by atoms with Crippen molar-refractivity contribution in [3.63, 3.8) is 0 Å². The van der Waals surface area contributed by atoms with Crippen LogP contribution in [0.1, 0.15) is 24.3 Å². The number of alkyl halides is 1. The van der Waals surface area contributed by atoms with Crippen LogP contribution in [-0.4, -0.2) is 22.7 Å². The Morgan fingerprint density at radius 2 is 2.00 bits per heavy atom. The highest BCUT2D eigenvalue weighted by molar-refractivity contribution is 6.31. The predicted octanol–water partition coefficient (Wildman–Crippen LogP) is 3.04. The second kappa shape index (κ2) is 4.39. The highest BCUT2D eigenvalue weighted by Crippen LogP contribution is 2.40. The Labute approximate surface area is 110 Å². The smallest absolute Gasteiger partial charge is 0.245 e. The normalized spacial score (nSPS) is 27.1. The second-order valence-electron chi connectivity index (χ2n) is 4.71. The highest BCUT2D eigenvalue weighted by atomic mass is 35.5. The number of halogens is 2.